The second-order valence-electron chi connectivity index (χ2n) is 9.45. The Labute approximate surface area is 192 Å². The Balaban J connectivity index is 1.52. The molecular weight excluding hydrogens is 422 g/mol. The van der Waals surface area contributed by atoms with Gasteiger partial charge < -0.3 is 15.0 Å². The summed E-state index contributed by atoms with van der Waals surface area (Å²) in [6.45, 7) is 8.14. The maximum atomic E-state index is 13.1. The van der Waals surface area contributed by atoms with Gasteiger partial charge in [0.15, 0.2) is 0 Å². The highest BCUT2D eigenvalue weighted by Crippen LogP contribution is 2.38. The van der Waals surface area contributed by atoms with Crippen molar-refractivity contribution >= 4 is 35.0 Å². The van der Waals surface area contributed by atoms with Gasteiger partial charge in [-0.2, -0.15) is 0 Å². The summed E-state index contributed by atoms with van der Waals surface area (Å²) in [5, 5.41) is 2.73. The predicted octanol–water partition coefficient (Wildman–Crippen LogP) is 3.33. The third-order valence-corrected chi connectivity index (χ3v) is 5.67. The van der Waals surface area contributed by atoms with Gasteiger partial charge in [-0.05, 0) is 44.0 Å². The highest BCUT2D eigenvalue weighted by atomic mass is 16.5. The van der Waals surface area contributed by atoms with Gasteiger partial charge in [-0.1, -0.05) is 26.0 Å². The topological polar surface area (TPSA) is 96.0 Å². The van der Waals surface area contributed by atoms with Crippen LogP contribution in [-0.4, -0.2) is 48.2 Å². The van der Waals surface area contributed by atoms with Gasteiger partial charge in [0.2, 0.25) is 11.8 Å². The molecule has 0 radical (unpaired) electrons. The smallest absolute Gasteiger partial charge is 0.262 e. The molecule has 2 aromatic carbocycles. The number of nitrogens with zero attached hydrogens (tertiary/aromatic N) is 2. The molecule has 0 saturated heterocycles. The van der Waals surface area contributed by atoms with E-state index in [4.69, 9.17) is 4.74 Å². The lowest BCUT2D eigenvalue weighted by atomic mass is 9.92. The Morgan fingerprint density at radius 1 is 1.03 bits per heavy atom. The summed E-state index contributed by atoms with van der Waals surface area (Å²) in [6.07, 6.45) is 0. The molecule has 0 aliphatic carbocycles. The molecule has 4 amide bonds. The minimum Gasteiger partial charge on any atom is -0.490 e. The molecule has 0 spiro atoms. The molecule has 8 heteroatoms. The molecule has 2 aliphatic heterocycles. The normalized spacial score (nSPS) is 16.9. The second kappa shape index (κ2) is 8.35. The van der Waals surface area contributed by atoms with E-state index in [-0.39, 0.29) is 18.4 Å². The zero-order valence-corrected chi connectivity index (χ0v) is 19.2. The van der Waals surface area contributed by atoms with Crippen molar-refractivity contribution in [3.05, 3.63) is 53.6 Å². The molecule has 0 saturated carbocycles. The van der Waals surface area contributed by atoms with Crippen LogP contribution in [0.15, 0.2) is 42.5 Å². The average Bonchev–Trinajstić information content (AvgIpc) is 2.95. The van der Waals surface area contributed by atoms with Gasteiger partial charge in [-0.3, -0.25) is 24.1 Å². The van der Waals surface area contributed by atoms with E-state index in [9.17, 15) is 19.2 Å². The summed E-state index contributed by atoms with van der Waals surface area (Å²) in [5.74, 6) is -0.740. The van der Waals surface area contributed by atoms with Crippen LogP contribution in [0.1, 0.15) is 48.4 Å². The molecule has 0 unspecified atom stereocenters. The molecule has 8 nitrogen and oxygen atoms in total. The summed E-state index contributed by atoms with van der Waals surface area (Å²) in [6, 6.07) is 11.6. The Hall–Kier alpha value is -3.68. The SMILES string of the molecule is CC(C)CN1C(=O)C(C)(C)COc2cc(NC(=O)CN3C(=O)c4ccccc4C3=O)ccc21. The van der Waals surface area contributed by atoms with Crippen LogP contribution in [0, 0.1) is 11.3 Å². The number of anilines is 2. The molecule has 2 aromatic rings. The van der Waals surface area contributed by atoms with Gasteiger partial charge in [0.05, 0.1) is 22.2 Å². The number of amides is 4. The monoisotopic (exact) mass is 449 g/mol. The van der Waals surface area contributed by atoms with Gasteiger partial charge >= 0.3 is 0 Å². The van der Waals surface area contributed by atoms with Gasteiger partial charge in [0.25, 0.3) is 11.8 Å². The molecule has 172 valence electrons. The van der Waals surface area contributed by atoms with Crippen LogP contribution in [0.4, 0.5) is 11.4 Å². The third-order valence-electron chi connectivity index (χ3n) is 5.67. The maximum Gasteiger partial charge on any atom is 0.262 e. The molecule has 0 fully saturated rings. The van der Waals surface area contributed by atoms with Crippen molar-refractivity contribution in [3.8, 4) is 5.75 Å². The maximum absolute atomic E-state index is 13.1. The number of carbonyl (C=O) groups excluding carboxylic acids is 4. The summed E-state index contributed by atoms with van der Waals surface area (Å²) >= 11 is 0. The summed E-state index contributed by atoms with van der Waals surface area (Å²) in [4.78, 5) is 53.4. The summed E-state index contributed by atoms with van der Waals surface area (Å²) < 4.78 is 5.95. The van der Waals surface area contributed by atoms with E-state index in [0.717, 1.165) is 4.90 Å². The van der Waals surface area contributed by atoms with Crippen molar-refractivity contribution in [2.24, 2.45) is 11.3 Å². The van der Waals surface area contributed by atoms with Crippen molar-refractivity contribution in [2.75, 3.05) is 29.9 Å². The Morgan fingerprint density at radius 3 is 2.27 bits per heavy atom. The van der Waals surface area contributed by atoms with Crippen LogP contribution in [-0.2, 0) is 9.59 Å². The van der Waals surface area contributed by atoms with Crippen LogP contribution in [0.3, 0.4) is 0 Å². The zero-order valence-electron chi connectivity index (χ0n) is 19.2. The van der Waals surface area contributed by atoms with E-state index in [1.807, 2.05) is 27.7 Å². The lowest BCUT2D eigenvalue weighted by Crippen LogP contribution is -2.43. The first-order valence-electron chi connectivity index (χ1n) is 10.9. The molecule has 33 heavy (non-hydrogen) atoms. The number of rotatable bonds is 5. The Kier molecular flexibility index (Phi) is 5.69. The first kappa shape index (κ1) is 22.5. The first-order valence-corrected chi connectivity index (χ1v) is 10.9. The molecular formula is C25H27N3O5. The van der Waals surface area contributed by atoms with E-state index in [2.05, 4.69) is 5.32 Å². The van der Waals surface area contributed by atoms with Crippen LogP contribution in [0.2, 0.25) is 0 Å². The average molecular weight is 450 g/mol. The first-order chi connectivity index (χ1) is 15.6. The minimum atomic E-state index is -0.692. The molecule has 0 atom stereocenters. The number of ether oxygens (including phenoxy) is 1. The number of nitrogens with one attached hydrogen (secondary N) is 1. The van der Waals surface area contributed by atoms with Gasteiger partial charge in [0, 0.05) is 18.3 Å². The molecule has 0 aromatic heterocycles. The number of benzene rings is 2. The minimum absolute atomic E-state index is 0.0163. The highest BCUT2D eigenvalue weighted by Gasteiger charge is 2.38. The van der Waals surface area contributed by atoms with Crippen molar-refractivity contribution in [3.63, 3.8) is 0 Å². The number of fused-ring (bicyclic) bond motifs is 2. The molecule has 0 bridgehead atoms. The van der Waals surface area contributed by atoms with E-state index in [1.165, 1.54) is 0 Å². The predicted molar refractivity (Wildman–Crippen MR) is 123 cm³/mol. The number of hydrogen-bond donors (Lipinski definition) is 1. The fourth-order valence-corrected chi connectivity index (χ4v) is 4.00. The number of carbonyl (C=O) groups is 4. The van der Waals surface area contributed by atoms with Crippen LogP contribution < -0.4 is 15.0 Å². The number of hydrogen-bond acceptors (Lipinski definition) is 5. The zero-order chi connectivity index (χ0) is 23.9. The largest absolute Gasteiger partial charge is 0.490 e. The molecule has 2 aliphatic rings. The standard InChI is InChI=1S/C25H27N3O5/c1-15(2)12-27-19-10-9-16(11-20(19)33-14-25(3,4)24(27)32)26-21(29)13-28-22(30)17-7-5-6-8-18(17)23(28)31/h5-11,15H,12-14H2,1-4H3,(H,26,29). The van der Waals surface area contributed by atoms with E-state index < -0.39 is 29.7 Å². The van der Waals surface area contributed by atoms with Crippen molar-refractivity contribution < 1.29 is 23.9 Å². The second-order valence-corrected chi connectivity index (χ2v) is 9.45. The fourth-order valence-electron chi connectivity index (χ4n) is 4.00. The molecule has 4 rings (SSSR count). The quantitative estimate of drug-likeness (QED) is 0.707. The van der Waals surface area contributed by atoms with Crippen LogP contribution in [0.25, 0.3) is 0 Å². The van der Waals surface area contributed by atoms with Crippen molar-refractivity contribution in [1.82, 2.24) is 4.90 Å². The summed E-state index contributed by atoms with van der Waals surface area (Å²) in [7, 11) is 0. The van der Waals surface area contributed by atoms with Gasteiger partial charge in [-0.15, -0.1) is 0 Å². The van der Waals surface area contributed by atoms with Gasteiger partial charge in [0.1, 0.15) is 18.9 Å². The molecule has 1 N–H and O–H groups in total. The third kappa shape index (κ3) is 4.20. The summed E-state index contributed by atoms with van der Waals surface area (Å²) in [5.41, 5.74) is 1.00. The van der Waals surface area contributed by atoms with Crippen LogP contribution >= 0.6 is 0 Å². The van der Waals surface area contributed by atoms with E-state index in [1.54, 1.807) is 47.4 Å². The van der Waals surface area contributed by atoms with Gasteiger partial charge in [-0.25, -0.2) is 0 Å². The molecule has 2 heterocycles. The number of imide groups is 1. The van der Waals surface area contributed by atoms with E-state index in [0.29, 0.717) is 34.8 Å². The lowest BCUT2D eigenvalue weighted by molar-refractivity contribution is -0.127. The van der Waals surface area contributed by atoms with Crippen molar-refractivity contribution in [2.45, 2.75) is 27.7 Å². The highest BCUT2D eigenvalue weighted by molar-refractivity contribution is 6.22. The Morgan fingerprint density at radius 2 is 1.67 bits per heavy atom. The Bertz CT molecular complexity index is 1120. The fraction of sp³-hybridized carbons (Fsp3) is 0.360. The van der Waals surface area contributed by atoms with E-state index >= 15 is 0 Å². The lowest BCUT2D eigenvalue weighted by Gasteiger charge is -2.29. The van der Waals surface area contributed by atoms with Crippen LogP contribution in [0.5, 0.6) is 5.75 Å². The van der Waals surface area contributed by atoms with Crippen molar-refractivity contribution in [1.29, 1.82) is 0 Å².